The van der Waals surface area contributed by atoms with Crippen LogP contribution in [-0.4, -0.2) is 58.9 Å². The second kappa shape index (κ2) is 9.64. The predicted octanol–water partition coefficient (Wildman–Crippen LogP) is 5.17. The topological polar surface area (TPSA) is 79.3 Å². The molecule has 0 aromatic heterocycles. The Morgan fingerprint density at radius 2 is 1.90 bits per heavy atom. The third-order valence-corrected chi connectivity index (χ3v) is 10.0. The first-order valence-corrected chi connectivity index (χ1v) is 14.9. The molecular formula is C34H41FN2O5. The SMILES string of the molecule is COc1cc2c3c(c1)[C@@]1(O[C@H](CC(=O)N4Cc5ccccc5C[C@H]4CO)[C@@H](C(C)(C)F)[C@@H]1C)C(=O)N3C(C)(C)C=C2C. The number of alkyl halides is 1. The lowest BCUT2D eigenvalue weighted by Crippen LogP contribution is -2.53. The lowest BCUT2D eigenvalue weighted by Gasteiger charge is -2.39. The van der Waals surface area contributed by atoms with E-state index in [2.05, 4.69) is 6.08 Å². The third kappa shape index (κ3) is 4.05. The average Bonchev–Trinajstić information content (AvgIpc) is 3.37. The Bertz CT molecular complexity index is 1490. The summed E-state index contributed by atoms with van der Waals surface area (Å²) in [6.07, 6.45) is 1.67. The molecule has 42 heavy (non-hydrogen) atoms. The van der Waals surface area contributed by atoms with Crippen molar-refractivity contribution < 1.29 is 28.6 Å². The second-order valence-electron chi connectivity index (χ2n) is 13.5. The number of hydrogen-bond donors (Lipinski definition) is 1. The van der Waals surface area contributed by atoms with E-state index in [0.717, 1.165) is 28.0 Å². The molecule has 2 aromatic rings. The fraction of sp³-hybridized carbons (Fsp3) is 0.529. The largest absolute Gasteiger partial charge is 0.497 e. The van der Waals surface area contributed by atoms with Gasteiger partial charge >= 0.3 is 0 Å². The highest BCUT2D eigenvalue weighted by Gasteiger charge is 2.68. The number of carbonyl (C=O) groups is 2. The van der Waals surface area contributed by atoms with Crippen LogP contribution in [0.4, 0.5) is 10.1 Å². The molecule has 4 aliphatic heterocycles. The number of aliphatic hydroxyl groups excluding tert-OH is 1. The smallest absolute Gasteiger partial charge is 0.265 e. The van der Waals surface area contributed by atoms with Crippen molar-refractivity contribution in [3.05, 3.63) is 64.7 Å². The summed E-state index contributed by atoms with van der Waals surface area (Å²) in [5, 5.41) is 10.2. The molecule has 224 valence electrons. The van der Waals surface area contributed by atoms with E-state index in [1.807, 2.05) is 64.1 Å². The molecule has 0 aliphatic carbocycles. The summed E-state index contributed by atoms with van der Waals surface area (Å²) >= 11 is 0. The molecule has 6 rings (SSSR count). The lowest BCUT2D eigenvalue weighted by atomic mass is 9.71. The van der Waals surface area contributed by atoms with Crippen molar-refractivity contribution in [2.24, 2.45) is 11.8 Å². The Kier molecular flexibility index (Phi) is 6.63. The van der Waals surface area contributed by atoms with Crippen molar-refractivity contribution in [1.29, 1.82) is 0 Å². The minimum absolute atomic E-state index is 0.0944. The zero-order valence-corrected chi connectivity index (χ0v) is 25.5. The molecule has 0 unspecified atom stereocenters. The van der Waals surface area contributed by atoms with Gasteiger partial charge < -0.3 is 19.5 Å². The van der Waals surface area contributed by atoms with Gasteiger partial charge in [0.05, 0.1) is 43.5 Å². The minimum Gasteiger partial charge on any atom is -0.497 e. The van der Waals surface area contributed by atoms with Gasteiger partial charge in [-0.3, -0.25) is 14.5 Å². The van der Waals surface area contributed by atoms with Crippen LogP contribution in [0.15, 0.2) is 42.5 Å². The molecule has 2 aromatic carbocycles. The standard InChI is InChI=1S/C34H41FN2O5/c1-19-16-32(3,4)37-30-25(19)13-24(41-7)14-26(30)34(31(37)40)20(2)29(33(5,6)35)27(42-34)15-28(39)36-17-22-11-9-8-10-21(22)12-23(36)18-38/h8-11,13-14,16,20,23,27,29,38H,12,15,17-18H2,1-7H3/t20-,23-,27+,29-,34+/m0/s1. The predicted molar refractivity (Wildman–Crippen MR) is 159 cm³/mol. The van der Waals surface area contributed by atoms with Gasteiger partial charge in [-0.2, -0.15) is 0 Å². The molecule has 0 saturated carbocycles. The van der Waals surface area contributed by atoms with Crippen molar-refractivity contribution in [3.8, 4) is 5.75 Å². The monoisotopic (exact) mass is 576 g/mol. The van der Waals surface area contributed by atoms with E-state index in [-0.39, 0.29) is 30.9 Å². The Morgan fingerprint density at radius 1 is 1.21 bits per heavy atom. The van der Waals surface area contributed by atoms with Crippen LogP contribution >= 0.6 is 0 Å². The van der Waals surface area contributed by atoms with Crippen LogP contribution in [0.1, 0.15) is 70.2 Å². The Labute approximate surface area is 247 Å². The van der Waals surface area contributed by atoms with Gasteiger partial charge in [0.1, 0.15) is 11.4 Å². The highest BCUT2D eigenvalue weighted by molar-refractivity contribution is 6.12. The second-order valence-corrected chi connectivity index (χ2v) is 13.5. The maximum atomic E-state index is 16.2. The Morgan fingerprint density at radius 3 is 2.55 bits per heavy atom. The van der Waals surface area contributed by atoms with Gasteiger partial charge in [-0.05, 0) is 69.9 Å². The van der Waals surface area contributed by atoms with Crippen LogP contribution < -0.4 is 9.64 Å². The number of carbonyl (C=O) groups excluding carboxylic acids is 2. The number of hydrogen-bond acceptors (Lipinski definition) is 5. The van der Waals surface area contributed by atoms with Crippen molar-refractivity contribution in [1.82, 2.24) is 4.90 Å². The first kappa shape index (κ1) is 28.9. The lowest BCUT2D eigenvalue weighted by molar-refractivity contribution is -0.152. The van der Waals surface area contributed by atoms with Gasteiger partial charge in [-0.1, -0.05) is 37.3 Å². The van der Waals surface area contributed by atoms with E-state index >= 15 is 4.39 Å². The van der Waals surface area contributed by atoms with Gasteiger partial charge in [0.25, 0.3) is 5.91 Å². The number of methoxy groups -OCH3 is 1. The Hall–Kier alpha value is -3.23. The Balaban J connectivity index is 1.42. The number of amides is 2. The van der Waals surface area contributed by atoms with E-state index in [4.69, 9.17) is 9.47 Å². The molecule has 4 aliphatic rings. The molecule has 0 bridgehead atoms. The highest BCUT2D eigenvalue weighted by Crippen LogP contribution is 2.62. The molecule has 8 heteroatoms. The summed E-state index contributed by atoms with van der Waals surface area (Å²) in [4.78, 5) is 32.1. The molecule has 1 saturated heterocycles. The van der Waals surface area contributed by atoms with E-state index in [9.17, 15) is 14.7 Å². The maximum Gasteiger partial charge on any atom is 0.265 e. The van der Waals surface area contributed by atoms with Crippen LogP contribution in [0.25, 0.3) is 5.57 Å². The van der Waals surface area contributed by atoms with Crippen molar-refractivity contribution in [2.45, 2.75) is 89.9 Å². The highest BCUT2D eigenvalue weighted by atomic mass is 19.1. The number of fused-ring (bicyclic) bond motifs is 2. The zero-order valence-electron chi connectivity index (χ0n) is 25.5. The summed E-state index contributed by atoms with van der Waals surface area (Å²) in [7, 11) is 1.59. The van der Waals surface area contributed by atoms with E-state index in [0.29, 0.717) is 24.3 Å². The number of benzene rings is 2. The van der Waals surface area contributed by atoms with Gasteiger partial charge in [0, 0.05) is 29.5 Å². The van der Waals surface area contributed by atoms with E-state index in [1.54, 1.807) is 16.9 Å². The average molecular weight is 577 g/mol. The van der Waals surface area contributed by atoms with Gasteiger partial charge in [-0.25, -0.2) is 4.39 Å². The fourth-order valence-electron chi connectivity index (χ4n) is 8.24. The first-order chi connectivity index (χ1) is 19.7. The van der Waals surface area contributed by atoms with Crippen LogP contribution in [0.2, 0.25) is 0 Å². The van der Waals surface area contributed by atoms with E-state index in [1.165, 1.54) is 13.8 Å². The first-order valence-electron chi connectivity index (χ1n) is 14.9. The van der Waals surface area contributed by atoms with Gasteiger partial charge in [-0.15, -0.1) is 0 Å². The van der Waals surface area contributed by atoms with Crippen molar-refractivity contribution in [2.75, 3.05) is 18.6 Å². The molecule has 5 atom stereocenters. The van der Waals surface area contributed by atoms with Crippen molar-refractivity contribution in [3.63, 3.8) is 0 Å². The molecule has 4 heterocycles. The summed E-state index contributed by atoms with van der Waals surface area (Å²) in [6, 6.07) is 11.3. The molecule has 1 N–H and O–H groups in total. The van der Waals surface area contributed by atoms with Crippen molar-refractivity contribution >= 4 is 23.1 Å². The number of aliphatic hydroxyl groups is 1. The van der Waals surface area contributed by atoms with Crippen LogP contribution in [0.3, 0.4) is 0 Å². The number of anilines is 1. The number of halogens is 1. The quantitative estimate of drug-likeness (QED) is 0.532. The molecule has 2 amide bonds. The summed E-state index contributed by atoms with van der Waals surface area (Å²) in [5.41, 5.74) is 1.66. The number of nitrogens with zero attached hydrogens (tertiary/aromatic N) is 2. The summed E-state index contributed by atoms with van der Waals surface area (Å²) < 4.78 is 28.7. The minimum atomic E-state index is -1.74. The fourth-order valence-corrected chi connectivity index (χ4v) is 8.24. The number of rotatable bonds is 5. The molecular weight excluding hydrogens is 535 g/mol. The number of allylic oxidation sites excluding steroid dienone is 1. The molecule has 0 radical (unpaired) electrons. The third-order valence-electron chi connectivity index (χ3n) is 10.0. The van der Waals surface area contributed by atoms with Gasteiger partial charge in [0.2, 0.25) is 5.91 Å². The zero-order chi connectivity index (χ0) is 30.4. The van der Waals surface area contributed by atoms with Crippen LogP contribution in [0, 0.1) is 11.8 Å². The van der Waals surface area contributed by atoms with E-state index < -0.39 is 34.7 Å². The summed E-state index contributed by atoms with van der Waals surface area (Å²) in [5.74, 6) is -1.18. The summed E-state index contributed by atoms with van der Waals surface area (Å²) in [6.45, 7) is 11.1. The molecule has 7 nitrogen and oxygen atoms in total. The number of ether oxygens (including phenoxy) is 2. The van der Waals surface area contributed by atoms with Gasteiger partial charge in [0.15, 0.2) is 5.60 Å². The maximum absolute atomic E-state index is 16.2. The van der Waals surface area contributed by atoms with Crippen LogP contribution in [-0.2, 0) is 32.9 Å². The van der Waals surface area contributed by atoms with Crippen LogP contribution in [0.5, 0.6) is 5.75 Å². The molecule has 1 spiro atoms. The normalized spacial score (nSPS) is 29.5. The molecule has 1 fully saturated rings.